The number of rotatable bonds is 11. The number of nitrogens with zero attached hydrogens (tertiary/aromatic N) is 1. The van der Waals surface area contributed by atoms with Gasteiger partial charge in [0.1, 0.15) is 11.8 Å². The lowest BCUT2D eigenvalue weighted by atomic mass is 10.1. The van der Waals surface area contributed by atoms with Gasteiger partial charge in [-0.05, 0) is 48.7 Å². The Kier molecular flexibility index (Phi) is 10.5. The van der Waals surface area contributed by atoms with Gasteiger partial charge in [-0.3, -0.25) is 9.59 Å². The van der Waals surface area contributed by atoms with Gasteiger partial charge in [0.2, 0.25) is 11.8 Å². The Morgan fingerprint density at radius 3 is 2.32 bits per heavy atom. The van der Waals surface area contributed by atoms with Crippen LogP contribution in [0.1, 0.15) is 31.4 Å². The Morgan fingerprint density at radius 1 is 1.06 bits per heavy atom. The lowest BCUT2D eigenvalue weighted by Crippen LogP contribution is -2.49. The SMILES string of the molecule is CCNC(=O)[C@H](CC)N(Cc1ccc(OC)cc1)C(=O)CSCc1ccc(Cl)c(Cl)c1. The van der Waals surface area contributed by atoms with Crippen molar-refractivity contribution in [2.24, 2.45) is 0 Å². The van der Waals surface area contributed by atoms with Crippen molar-refractivity contribution in [2.45, 2.75) is 38.6 Å². The Morgan fingerprint density at radius 2 is 1.74 bits per heavy atom. The van der Waals surface area contributed by atoms with E-state index in [1.54, 1.807) is 24.1 Å². The van der Waals surface area contributed by atoms with Crippen molar-refractivity contribution in [3.8, 4) is 5.75 Å². The molecule has 0 fully saturated rings. The van der Waals surface area contributed by atoms with E-state index in [1.807, 2.05) is 44.2 Å². The van der Waals surface area contributed by atoms with Gasteiger partial charge in [-0.25, -0.2) is 0 Å². The van der Waals surface area contributed by atoms with Gasteiger partial charge in [0.15, 0.2) is 0 Å². The number of likely N-dealkylation sites (N-methyl/N-ethyl adjacent to an activating group) is 1. The van der Waals surface area contributed by atoms with E-state index in [0.29, 0.717) is 35.3 Å². The van der Waals surface area contributed by atoms with Crippen molar-refractivity contribution >= 4 is 46.8 Å². The minimum absolute atomic E-state index is 0.0843. The molecule has 168 valence electrons. The highest BCUT2D eigenvalue weighted by atomic mass is 35.5. The summed E-state index contributed by atoms with van der Waals surface area (Å²) >= 11 is 13.5. The first-order valence-electron chi connectivity index (χ1n) is 10.1. The Hall–Kier alpha value is -1.89. The first kappa shape index (κ1) is 25.4. The Bertz CT molecular complexity index is 878. The fourth-order valence-electron chi connectivity index (χ4n) is 3.11. The fourth-order valence-corrected chi connectivity index (χ4v) is 4.29. The summed E-state index contributed by atoms with van der Waals surface area (Å²) < 4.78 is 5.21. The summed E-state index contributed by atoms with van der Waals surface area (Å²) in [6.45, 7) is 4.65. The van der Waals surface area contributed by atoms with Crippen molar-refractivity contribution in [2.75, 3.05) is 19.4 Å². The molecule has 0 saturated carbocycles. The quantitative estimate of drug-likeness (QED) is 0.479. The molecule has 0 aliphatic heterocycles. The third kappa shape index (κ3) is 7.63. The highest BCUT2D eigenvalue weighted by Gasteiger charge is 2.28. The van der Waals surface area contributed by atoms with Crippen molar-refractivity contribution < 1.29 is 14.3 Å². The molecule has 1 N–H and O–H groups in total. The van der Waals surface area contributed by atoms with Gasteiger partial charge in [-0.1, -0.05) is 48.3 Å². The highest BCUT2D eigenvalue weighted by Crippen LogP contribution is 2.25. The average Bonchev–Trinajstić information content (AvgIpc) is 2.76. The first-order valence-corrected chi connectivity index (χ1v) is 12.0. The van der Waals surface area contributed by atoms with Crippen LogP contribution in [0, 0.1) is 0 Å². The Balaban J connectivity index is 2.11. The van der Waals surface area contributed by atoms with Gasteiger partial charge in [-0.2, -0.15) is 0 Å². The van der Waals surface area contributed by atoms with Crippen molar-refractivity contribution in [1.82, 2.24) is 10.2 Å². The number of hydrogen-bond donors (Lipinski definition) is 1. The largest absolute Gasteiger partial charge is 0.497 e. The molecular weight excluding hydrogens is 455 g/mol. The number of thioether (sulfide) groups is 1. The molecule has 0 aliphatic rings. The van der Waals surface area contributed by atoms with Crippen LogP contribution in [-0.4, -0.2) is 42.2 Å². The molecule has 2 amide bonds. The molecule has 2 aromatic rings. The van der Waals surface area contributed by atoms with Crippen LogP contribution in [0.25, 0.3) is 0 Å². The molecule has 0 spiro atoms. The summed E-state index contributed by atoms with van der Waals surface area (Å²) in [4.78, 5) is 27.4. The number of ether oxygens (including phenoxy) is 1. The molecule has 2 aromatic carbocycles. The number of carbonyl (C=O) groups excluding carboxylic acids is 2. The zero-order chi connectivity index (χ0) is 22.8. The molecule has 0 saturated heterocycles. The van der Waals surface area contributed by atoms with E-state index in [-0.39, 0.29) is 17.6 Å². The minimum Gasteiger partial charge on any atom is -0.497 e. The van der Waals surface area contributed by atoms with Crippen molar-refractivity contribution in [1.29, 1.82) is 0 Å². The normalized spacial score (nSPS) is 11.6. The maximum absolute atomic E-state index is 13.1. The molecule has 0 radical (unpaired) electrons. The van der Waals surface area contributed by atoms with Gasteiger partial charge in [0.25, 0.3) is 0 Å². The third-order valence-electron chi connectivity index (χ3n) is 4.73. The Labute approximate surface area is 198 Å². The van der Waals surface area contributed by atoms with E-state index in [2.05, 4.69) is 5.32 Å². The number of benzene rings is 2. The maximum Gasteiger partial charge on any atom is 0.242 e. The molecule has 1 atom stereocenters. The van der Waals surface area contributed by atoms with E-state index in [0.717, 1.165) is 16.9 Å². The van der Waals surface area contributed by atoms with E-state index in [9.17, 15) is 9.59 Å². The molecule has 0 unspecified atom stereocenters. The molecule has 5 nitrogen and oxygen atoms in total. The second-order valence-corrected chi connectivity index (χ2v) is 8.73. The van der Waals surface area contributed by atoms with Crippen LogP contribution < -0.4 is 10.1 Å². The van der Waals surface area contributed by atoms with Crippen LogP contribution >= 0.6 is 35.0 Å². The van der Waals surface area contributed by atoms with E-state index in [1.165, 1.54) is 11.8 Å². The molecule has 31 heavy (non-hydrogen) atoms. The molecule has 2 rings (SSSR count). The second kappa shape index (κ2) is 12.8. The number of carbonyl (C=O) groups is 2. The highest BCUT2D eigenvalue weighted by molar-refractivity contribution is 7.99. The lowest BCUT2D eigenvalue weighted by Gasteiger charge is -2.30. The minimum atomic E-state index is -0.528. The van der Waals surface area contributed by atoms with Gasteiger partial charge < -0.3 is 15.0 Å². The average molecular weight is 483 g/mol. The van der Waals surface area contributed by atoms with Gasteiger partial charge in [-0.15, -0.1) is 11.8 Å². The number of halogens is 2. The van der Waals surface area contributed by atoms with Crippen LogP contribution in [0.2, 0.25) is 10.0 Å². The summed E-state index contributed by atoms with van der Waals surface area (Å²) in [6, 6.07) is 12.4. The molecule has 0 aliphatic carbocycles. The number of methoxy groups -OCH3 is 1. The summed E-state index contributed by atoms with van der Waals surface area (Å²) in [7, 11) is 1.61. The van der Waals surface area contributed by atoms with Gasteiger partial charge in [0, 0.05) is 18.8 Å². The zero-order valence-electron chi connectivity index (χ0n) is 18.0. The van der Waals surface area contributed by atoms with Crippen LogP contribution in [0.3, 0.4) is 0 Å². The van der Waals surface area contributed by atoms with E-state index in [4.69, 9.17) is 27.9 Å². The standard InChI is InChI=1S/C23H28Cl2N2O3S/c1-4-21(23(29)26-5-2)27(13-16-6-9-18(30-3)10-7-16)22(28)15-31-14-17-8-11-19(24)20(25)12-17/h6-12,21H,4-5,13-15H2,1-3H3,(H,26,29)/t21-/m0/s1. The van der Waals surface area contributed by atoms with Crippen LogP contribution in [0.15, 0.2) is 42.5 Å². The topological polar surface area (TPSA) is 58.6 Å². The second-order valence-electron chi connectivity index (χ2n) is 6.93. The van der Waals surface area contributed by atoms with Gasteiger partial charge >= 0.3 is 0 Å². The first-order chi connectivity index (χ1) is 14.9. The smallest absolute Gasteiger partial charge is 0.242 e. The number of amides is 2. The van der Waals surface area contributed by atoms with E-state index < -0.39 is 6.04 Å². The van der Waals surface area contributed by atoms with Crippen LogP contribution in [0.4, 0.5) is 0 Å². The third-order valence-corrected chi connectivity index (χ3v) is 6.45. The summed E-state index contributed by atoms with van der Waals surface area (Å²) in [6.07, 6.45) is 0.533. The lowest BCUT2D eigenvalue weighted by molar-refractivity contribution is -0.139. The number of nitrogens with one attached hydrogen (secondary N) is 1. The number of hydrogen-bond acceptors (Lipinski definition) is 4. The summed E-state index contributed by atoms with van der Waals surface area (Å²) in [5, 5.41) is 3.84. The predicted molar refractivity (Wildman–Crippen MR) is 129 cm³/mol. The molecule has 0 aromatic heterocycles. The summed E-state index contributed by atoms with van der Waals surface area (Å²) in [5.41, 5.74) is 1.93. The van der Waals surface area contributed by atoms with E-state index >= 15 is 0 Å². The van der Waals surface area contributed by atoms with Crippen molar-refractivity contribution in [3.63, 3.8) is 0 Å². The van der Waals surface area contributed by atoms with Gasteiger partial charge in [0.05, 0.1) is 22.9 Å². The van der Waals surface area contributed by atoms with Crippen LogP contribution in [0.5, 0.6) is 5.75 Å². The fraction of sp³-hybridized carbons (Fsp3) is 0.391. The maximum atomic E-state index is 13.1. The van der Waals surface area contributed by atoms with Crippen molar-refractivity contribution in [3.05, 3.63) is 63.6 Å². The molecule has 8 heteroatoms. The monoisotopic (exact) mass is 482 g/mol. The molecule has 0 heterocycles. The molecular formula is C23H28Cl2N2O3S. The summed E-state index contributed by atoms with van der Waals surface area (Å²) in [5.74, 6) is 1.40. The zero-order valence-corrected chi connectivity index (χ0v) is 20.3. The van der Waals surface area contributed by atoms with Crippen LogP contribution in [-0.2, 0) is 21.9 Å². The molecule has 0 bridgehead atoms. The predicted octanol–water partition coefficient (Wildman–Crippen LogP) is 5.18.